The van der Waals surface area contributed by atoms with E-state index in [1.165, 1.54) is 12.1 Å². The summed E-state index contributed by atoms with van der Waals surface area (Å²) < 4.78 is 0. The molecule has 0 unspecified atom stereocenters. The molecule has 17 heavy (non-hydrogen) atoms. The van der Waals surface area contributed by atoms with Crippen molar-refractivity contribution in [3.63, 3.8) is 0 Å². The first kappa shape index (κ1) is 16.3. The van der Waals surface area contributed by atoms with E-state index in [1.807, 2.05) is 0 Å². The van der Waals surface area contributed by atoms with Crippen molar-refractivity contribution in [1.82, 2.24) is 4.90 Å². The molecule has 0 N–H and O–H groups in total. The minimum Gasteiger partial charge on any atom is -0.377 e. The molecule has 1 heteroatoms. The minimum atomic E-state index is 0.172. The molecule has 0 saturated heterocycles. The van der Waals surface area contributed by atoms with Crippen LogP contribution in [0.3, 0.4) is 0 Å². The van der Waals surface area contributed by atoms with Crippen LogP contribution in [0, 0.1) is 10.8 Å². The van der Waals surface area contributed by atoms with Gasteiger partial charge in [-0.3, -0.25) is 0 Å². The average molecular weight is 237 g/mol. The molecule has 0 saturated carbocycles. The lowest BCUT2D eigenvalue weighted by Gasteiger charge is -2.34. The van der Waals surface area contributed by atoms with Gasteiger partial charge in [0.05, 0.1) is 0 Å². The summed E-state index contributed by atoms with van der Waals surface area (Å²) in [5.41, 5.74) is 3.05. The molecule has 100 valence electrons. The fourth-order valence-electron chi connectivity index (χ4n) is 1.76. The van der Waals surface area contributed by atoms with Gasteiger partial charge in [-0.2, -0.15) is 0 Å². The first-order valence-electron chi connectivity index (χ1n) is 6.52. The molecule has 0 spiro atoms. The van der Waals surface area contributed by atoms with E-state index in [2.05, 4.69) is 73.1 Å². The quantitative estimate of drug-likeness (QED) is 0.631. The maximum atomic E-state index is 4.00. The molecule has 0 heterocycles. The van der Waals surface area contributed by atoms with E-state index < -0.39 is 0 Å². The Morgan fingerprint density at radius 1 is 1.12 bits per heavy atom. The van der Waals surface area contributed by atoms with Gasteiger partial charge in [-0.25, -0.2) is 0 Å². The zero-order chi connectivity index (χ0) is 13.9. The Morgan fingerprint density at radius 2 is 1.59 bits per heavy atom. The zero-order valence-corrected chi connectivity index (χ0v) is 13.1. The molecule has 0 aromatic heterocycles. The van der Waals surface area contributed by atoms with Crippen LogP contribution in [0.2, 0.25) is 0 Å². The van der Waals surface area contributed by atoms with E-state index in [-0.39, 0.29) is 5.41 Å². The fourth-order valence-corrected chi connectivity index (χ4v) is 1.76. The Labute approximate surface area is 109 Å². The maximum absolute atomic E-state index is 4.00. The van der Waals surface area contributed by atoms with Gasteiger partial charge in [0.1, 0.15) is 0 Å². The third kappa shape index (κ3) is 7.25. The van der Waals surface area contributed by atoms with Crippen LogP contribution in [-0.2, 0) is 0 Å². The van der Waals surface area contributed by atoms with Crippen molar-refractivity contribution >= 4 is 0 Å². The second kappa shape index (κ2) is 5.75. The van der Waals surface area contributed by atoms with Gasteiger partial charge in [-0.05, 0) is 24.8 Å². The molecular weight excluding hydrogens is 206 g/mol. The van der Waals surface area contributed by atoms with E-state index >= 15 is 0 Å². The van der Waals surface area contributed by atoms with Gasteiger partial charge >= 0.3 is 0 Å². The van der Waals surface area contributed by atoms with Crippen molar-refractivity contribution in [3.8, 4) is 0 Å². The number of hydrogen-bond acceptors (Lipinski definition) is 1. The summed E-state index contributed by atoms with van der Waals surface area (Å²) in [6.45, 7) is 20.8. The second-order valence-corrected chi connectivity index (χ2v) is 7.36. The molecule has 0 aromatic carbocycles. The smallest absolute Gasteiger partial charge is 0.0187 e. The van der Waals surface area contributed by atoms with Crippen molar-refractivity contribution in [2.75, 3.05) is 13.6 Å². The van der Waals surface area contributed by atoms with Gasteiger partial charge < -0.3 is 4.90 Å². The lowest BCUT2D eigenvalue weighted by molar-refractivity contribution is 0.260. The Hall–Kier alpha value is -0.720. The van der Waals surface area contributed by atoms with Crippen LogP contribution in [0.1, 0.15) is 54.9 Å². The van der Waals surface area contributed by atoms with E-state index in [9.17, 15) is 0 Å². The molecule has 0 atom stereocenters. The second-order valence-electron chi connectivity index (χ2n) is 7.36. The lowest BCUT2D eigenvalue weighted by atomic mass is 9.88. The Bertz CT molecular complexity index is 284. The van der Waals surface area contributed by atoms with Crippen LogP contribution in [0.4, 0.5) is 0 Å². The minimum absolute atomic E-state index is 0.172. The molecule has 0 rings (SSSR count). The van der Waals surface area contributed by atoms with Gasteiger partial charge in [0.2, 0.25) is 0 Å². The van der Waals surface area contributed by atoms with Gasteiger partial charge in [0.25, 0.3) is 0 Å². The monoisotopic (exact) mass is 237 g/mol. The van der Waals surface area contributed by atoms with Crippen LogP contribution >= 0.6 is 0 Å². The summed E-state index contributed by atoms with van der Waals surface area (Å²) >= 11 is 0. The highest BCUT2D eigenvalue weighted by atomic mass is 15.1. The average Bonchev–Trinajstić information content (AvgIpc) is 2.07. The molecule has 0 aliphatic heterocycles. The highest BCUT2D eigenvalue weighted by molar-refractivity contribution is 5.21. The normalized spacial score (nSPS) is 13.8. The maximum Gasteiger partial charge on any atom is 0.0187 e. The van der Waals surface area contributed by atoms with Crippen molar-refractivity contribution < 1.29 is 0 Å². The molecule has 1 nitrogen and oxygen atoms in total. The lowest BCUT2D eigenvalue weighted by Crippen LogP contribution is -2.29. The first-order valence-corrected chi connectivity index (χ1v) is 6.52. The Morgan fingerprint density at radius 3 is 1.88 bits per heavy atom. The summed E-state index contributed by atoms with van der Waals surface area (Å²) in [6.07, 6.45) is 3.41. The molecule has 0 aliphatic rings. The van der Waals surface area contributed by atoms with Crippen molar-refractivity contribution in [1.29, 1.82) is 0 Å². The van der Waals surface area contributed by atoms with E-state index in [0.29, 0.717) is 5.41 Å². The zero-order valence-electron chi connectivity index (χ0n) is 13.1. The molecule has 0 fully saturated rings. The molecule has 0 aliphatic carbocycles. The van der Waals surface area contributed by atoms with Crippen molar-refractivity contribution in [3.05, 3.63) is 23.9 Å². The molecular formula is C16H31N. The number of rotatable bonds is 4. The highest BCUT2D eigenvalue weighted by Gasteiger charge is 2.21. The predicted molar refractivity (Wildman–Crippen MR) is 79.1 cm³/mol. The summed E-state index contributed by atoms with van der Waals surface area (Å²) in [6, 6.07) is 0. The Balaban J connectivity index is 4.79. The molecule has 0 bridgehead atoms. The number of allylic oxidation sites excluding steroid dienone is 3. The van der Waals surface area contributed by atoms with Crippen LogP contribution in [0.25, 0.3) is 0 Å². The van der Waals surface area contributed by atoms with E-state index in [1.54, 1.807) is 0 Å². The molecule has 0 aromatic rings. The molecule has 0 radical (unpaired) electrons. The van der Waals surface area contributed by atoms with Gasteiger partial charge in [0, 0.05) is 24.7 Å². The summed E-state index contributed by atoms with van der Waals surface area (Å²) in [5, 5.41) is 0. The largest absolute Gasteiger partial charge is 0.377 e. The van der Waals surface area contributed by atoms with Crippen LogP contribution < -0.4 is 0 Å². The molecule has 0 amide bonds. The predicted octanol–water partition coefficient (Wildman–Crippen LogP) is 4.86. The summed E-state index contributed by atoms with van der Waals surface area (Å²) in [5.74, 6) is 0. The third-order valence-electron chi connectivity index (χ3n) is 2.76. The fraction of sp³-hybridized carbons (Fsp3) is 0.750. The Kier molecular flexibility index (Phi) is 5.51. The van der Waals surface area contributed by atoms with E-state index in [4.69, 9.17) is 0 Å². The van der Waals surface area contributed by atoms with Crippen LogP contribution in [0.15, 0.2) is 23.9 Å². The van der Waals surface area contributed by atoms with Gasteiger partial charge in [0.15, 0.2) is 0 Å². The first-order chi connectivity index (χ1) is 7.43. The highest BCUT2D eigenvalue weighted by Crippen LogP contribution is 2.30. The number of hydrogen-bond donors (Lipinski definition) is 0. The summed E-state index contributed by atoms with van der Waals surface area (Å²) in [4.78, 5) is 2.37. The van der Waals surface area contributed by atoms with Crippen molar-refractivity contribution in [2.24, 2.45) is 10.8 Å². The number of nitrogens with zero attached hydrogens (tertiary/aromatic N) is 1. The van der Waals surface area contributed by atoms with E-state index in [0.717, 1.165) is 12.1 Å². The summed E-state index contributed by atoms with van der Waals surface area (Å²) in [7, 11) is 2.19. The van der Waals surface area contributed by atoms with Gasteiger partial charge in [-0.15, -0.1) is 0 Å². The third-order valence-corrected chi connectivity index (χ3v) is 2.76. The van der Waals surface area contributed by atoms with Crippen LogP contribution in [-0.4, -0.2) is 18.5 Å². The van der Waals surface area contributed by atoms with Crippen molar-refractivity contribution in [2.45, 2.75) is 54.9 Å². The van der Waals surface area contributed by atoms with Gasteiger partial charge in [-0.1, -0.05) is 53.7 Å². The topological polar surface area (TPSA) is 3.24 Å². The SMILES string of the molecule is C=C(C)/C=C(\N(C)CCC(C)(C)C)C(C)(C)C. The van der Waals surface area contributed by atoms with Crippen LogP contribution in [0.5, 0.6) is 0 Å². The standard InChI is InChI=1S/C16H31N/c1-13(2)12-14(16(6,7)8)17(9)11-10-15(3,4)5/h12H,1,10-11H2,2-9H3/b14-12-.